The third-order valence-corrected chi connectivity index (χ3v) is 4.23. The molecule has 7 heteroatoms. The van der Waals surface area contributed by atoms with Gasteiger partial charge in [-0.25, -0.2) is 17.7 Å². The summed E-state index contributed by atoms with van der Waals surface area (Å²) >= 11 is 0. The molecule has 0 aliphatic heterocycles. The Labute approximate surface area is 108 Å². The van der Waals surface area contributed by atoms with E-state index in [2.05, 4.69) is 4.98 Å². The molecule has 1 heterocycles. The van der Waals surface area contributed by atoms with Crippen LogP contribution in [-0.4, -0.2) is 56.6 Å². The van der Waals surface area contributed by atoms with Gasteiger partial charge in [-0.15, -0.1) is 0 Å². The van der Waals surface area contributed by atoms with Gasteiger partial charge in [0.1, 0.15) is 10.7 Å². The molecule has 0 amide bonds. The molecule has 0 aromatic carbocycles. The van der Waals surface area contributed by atoms with Crippen molar-refractivity contribution in [2.75, 3.05) is 32.6 Å². The van der Waals surface area contributed by atoms with Crippen LogP contribution in [0.5, 0.6) is 0 Å². The van der Waals surface area contributed by atoms with E-state index in [1.807, 2.05) is 0 Å². The van der Waals surface area contributed by atoms with E-state index in [9.17, 15) is 13.5 Å². The van der Waals surface area contributed by atoms with E-state index >= 15 is 0 Å². The summed E-state index contributed by atoms with van der Waals surface area (Å²) in [5.74, 6) is 0.619. The van der Waals surface area contributed by atoms with E-state index in [1.165, 1.54) is 26.4 Å². The molecule has 102 valence electrons. The molecule has 1 unspecified atom stereocenters. The molecule has 1 atom stereocenters. The lowest BCUT2D eigenvalue weighted by Crippen LogP contribution is -2.28. The number of aliphatic hydroxyl groups excluding tert-OH is 1. The summed E-state index contributed by atoms with van der Waals surface area (Å²) in [5, 5.41) is 9.27. The van der Waals surface area contributed by atoms with Crippen molar-refractivity contribution in [3.8, 4) is 0 Å². The van der Waals surface area contributed by atoms with Gasteiger partial charge in [0.05, 0.1) is 6.10 Å². The maximum absolute atomic E-state index is 11.8. The largest absolute Gasteiger partial charge is 0.392 e. The Morgan fingerprint density at radius 2 is 1.94 bits per heavy atom. The number of sulfonamides is 1. The summed E-state index contributed by atoms with van der Waals surface area (Å²) in [4.78, 5) is 6.00. The highest BCUT2D eigenvalue weighted by molar-refractivity contribution is 7.89. The molecule has 1 N–H and O–H groups in total. The van der Waals surface area contributed by atoms with Crippen LogP contribution in [0.15, 0.2) is 23.2 Å². The SMILES string of the molecule is CC(O)CN(C)c1ccc(S(=O)(=O)N(C)C)cn1. The Morgan fingerprint density at radius 1 is 1.33 bits per heavy atom. The Bertz CT molecular complexity index is 483. The van der Waals surface area contributed by atoms with E-state index in [-0.39, 0.29) is 4.90 Å². The van der Waals surface area contributed by atoms with Crippen molar-refractivity contribution in [3.63, 3.8) is 0 Å². The van der Waals surface area contributed by atoms with E-state index in [4.69, 9.17) is 0 Å². The van der Waals surface area contributed by atoms with Gasteiger partial charge in [0, 0.05) is 33.9 Å². The standard InChI is InChI=1S/C11H19N3O3S/c1-9(15)8-14(4)11-6-5-10(7-12-11)18(16,17)13(2)3/h5-7,9,15H,8H2,1-4H3. The van der Waals surface area contributed by atoms with E-state index in [1.54, 1.807) is 24.9 Å². The predicted octanol–water partition coefficient (Wildman–Crippen LogP) is 0.149. The Hall–Kier alpha value is -1.18. The number of aromatic nitrogens is 1. The van der Waals surface area contributed by atoms with Crippen molar-refractivity contribution >= 4 is 15.8 Å². The van der Waals surface area contributed by atoms with Crippen LogP contribution in [-0.2, 0) is 10.0 Å². The first-order chi connectivity index (χ1) is 8.25. The van der Waals surface area contributed by atoms with Crippen molar-refractivity contribution in [1.82, 2.24) is 9.29 Å². The highest BCUT2D eigenvalue weighted by Gasteiger charge is 2.17. The zero-order valence-corrected chi connectivity index (χ0v) is 11.8. The Balaban J connectivity index is 2.94. The lowest BCUT2D eigenvalue weighted by atomic mass is 10.3. The third kappa shape index (κ3) is 3.41. The summed E-state index contributed by atoms with van der Waals surface area (Å²) in [7, 11) is 1.30. The second-order valence-corrected chi connectivity index (χ2v) is 6.52. The maximum Gasteiger partial charge on any atom is 0.244 e. The molecular weight excluding hydrogens is 254 g/mol. The lowest BCUT2D eigenvalue weighted by Gasteiger charge is -2.20. The molecule has 1 rings (SSSR count). The van der Waals surface area contributed by atoms with Crippen LogP contribution in [0.4, 0.5) is 5.82 Å². The number of hydrogen-bond acceptors (Lipinski definition) is 5. The fourth-order valence-electron chi connectivity index (χ4n) is 1.45. The Morgan fingerprint density at radius 3 is 2.33 bits per heavy atom. The summed E-state index contributed by atoms with van der Waals surface area (Å²) in [5.41, 5.74) is 0. The van der Waals surface area contributed by atoms with Crippen LogP contribution in [0.25, 0.3) is 0 Å². The lowest BCUT2D eigenvalue weighted by molar-refractivity contribution is 0.201. The second kappa shape index (κ2) is 5.64. The minimum absolute atomic E-state index is 0.154. The number of pyridine rings is 1. The predicted molar refractivity (Wildman–Crippen MR) is 70.1 cm³/mol. The molecule has 0 fully saturated rings. The van der Waals surface area contributed by atoms with Gasteiger partial charge in [-0.3, -0.25) is 0 Å². The van der Waals surface area contributed by atoms with Crippen LogP contribution in [0.2, 0.25) is 0 Å². The van der Waals surface area contributed by atoms with Crippen LogP contribution >= 0.6 is 0 Å². The fourth-order valence-corrected chi connectivity index (χ4v) is 2.30. The van der Waals surface area contributed by atoms with Gasteiger partial charge < -0.3 is 10.0 Å². The van der Waals surface area contributed by atoms with Gasteiger partial charge in [-0.1, -0.05) is 0 Å². The quantitative estimate of drug-likeness (QED) is 0.826. The second-order valence-electron chi connectivity index (χ2n) is 4.37. The van der Waals surface area contributed by atoms with Crippen LogP contribution < -0.4 is 4.90 Å². The summed E-state index contributed by atoms with van der Waals surface area (Å²) in [6, 6.07) is 3.13. The molecule has 0 spiro atoms. The molecule has 0 radical (unpaired) electrons. The summed E-state index contributed by atoms with van der Waals surface area (Å²) in [6.45, 7) is 2.12. The van der Waals surface area contributed by atoms with Gasteiger partial charge in [-0.05, 0) is 19.1 Å². The maximum atomic E-state index is 11.8. The smallest absolute Gasteiger partial charge is 0.244 e. The number of nitrogens with zero attached hydrogens (tertiary/aromatic N) is 3. The minimum atomic E-state index is -3.44. The van der Waals surface area contributed by atoms with Gasteiger partial charge >= 0.3 is 0 Å². The molecule has 18 heavy (non-hydrogen) atoms. The molecule has 1 aromatic heterocycles. The van der Waals surface area contributed by atoms with E-state index in [0.29, 0.717) is 12.4 Å². The fraction of sp³-hybridized carbons (Fsp3) is 0.545. The molecular formula is C11H19N3O3S. The molecule has 0 bridgehead atoms. The van der Waals surface area contributed by atoms with Crippen LogP contribution in [0.3, 0.4) is 0 Å². The van der Waals surface area contributed by atoms with Crippen molar-refractivity contribution in [2.24, 2.45) is 0 Å². The van der Waals surface area contributed by atoms with Crippen molar-refractivity contribution in [3.05, 3.63) is 18.3 Å². The van der Waals surface area contributed by atoms with E-state index < -0.39 is 16.1 Å². The van der Waals surface area contributed by atoms with Crippen LogP contribution in [0.1, 0.15) is 6.92 Å². The van der Waals surface area contributed by atoms with Crippen molar-refractivity contribution in [1.29, 1.82) is 0 Å². The zero-order chi connectivity index (χ0) is 13.9. The average Bonchev–Trinajstić information content (AvgIpc) is 2.28. The van der Waals surface area contributed by atoms with Crippen molar-refractivity contribution in [2.45, 2.75) is 17.9 Å². The normalized spacial score (nSPS) is 13.7. The average molecular weight is 273 g/mol. The number of rotatable bonds is 5. The van der Waals surface area contributed by atoms with Crippen LogP contribution in [0, 0.1) is 0 Å². The minimum Gasteiger partial charge on any atom is -0.392 e. The summed E-state index contributed by atoms with van der Waals surface area (Å²) in [6.07, 6.45) is 0.852. The van der Waals surface area contributed by atoms with Gasteiger partial charge in [0.2, 0.25) is 10.0 Å². The molecule has 0 aliphatic carbocycles. The number of anilines is 1. The molecule has 0 saturated heterocycles. The summed E-state index contributed by atoms with van der Waals surface area (Å²) < 4.78 is 24.8. The van der Waals surface area contributed by atoms with E-state index in [0.717, 1.165) is 4.31 Å². The molecule has 0 saturated carbocycles. The van der Waals surface area contributed by atoms with Gasteiger partial charge in [0.25, 0.3) is 0 Å². The topological polar surface area (TPSA) is 73.7 Å². The number of aliphatic hydroxyl groups is 1. The van der Waals surface area contributed by atoms with Gasteiger partial charge in [0.15, 0.2) is 0 Å². The first-order valence-electron chi connectivity index (χ1n) is 5.53. The molecule has 1 aromatic rings. The number of hydrogen-bond donors (Lipinski definition) is 1. The molecule has 0 aliphatic rings. The monoisotopic (exact) mass is 273 g/mol. The Kier molecular flexibility index (Phi) is 4.66. The zero-order valence-electron chi connectivity index (χ0n) is 11.0. The first kappa shape index (κ1) is 14.9. The first-order valence-corrected chi connectivity index (χ1v) is 6.97. The highest BCUT2D eigenvalue weighted by atomic mass is 32.2. The third-order valence-electron chi connectivity index (χ3n) is 2.43. The number of likely N-dealkylation sites (N-methyl/N-ethyl adjacent to an activating group) is 1. The van der Waals surface area contributed by atoms with Crippen molar-refractivity contribution < 1.29 is 13.5 Å². The molecule has 6 nitrogen and oxygen atoms in total. The van der Waals surface area contributed by atoms with Gasteiger partial charge in [-0.2, -0.15) is 0 Å². The highest BCUT2D eigenvalue weighted by Crippen LogP contribution is 2.15.